The molecule has 6 rings (SSSR count). The number of alkyl carbamates (subject to hydrolysis) is 1. The molecule has 2 aromatic rings. The van der Waals surface area contributed by atoms with E-state index >= 15 is 0 Å². The molecule has 2 aliphatic carbocycles. The lowest BCUT2D eigenvalue weighted by Crippen LogP contribution is -2.59. The van der Waals surface area contributed by atoms with Gasteiger partial charge >= 0.3 is 12.3 Å². The smallest absolute Gasteiger partial charge is 0.427 e. The van der Waals surface area contributed by atoms with Gasteiger partial charge in [0.2, 0.25) is 33.3 Å². The molecule has 4 aliphatic rings. The molecule has 2 aliphatic heterocycles. The highest BCUT2D eigenvalue weighted by atomic mass is 32.2. The summed E-state index contributed by atoms with van der Waals surface area (Å²) in [6.07, 6.45) is 0.745. The van der Waals surface area contributed by atoms with Gasteiger partial charge in [0.15, 0.2) is 0 Å². The van der Waals surface area contributed by atoms with E-state index in [4.69, 9.17) is 14.2 Å². The first-order valence-electron chi connectivity index (χ1n) is 19.9. The maximum atomic E-state index is 14.9. The summed E-state index contributed by atoms with van der Waals surface area (Å²) in [5.41, 5.74) is -4.51. The summed E-state index contributed by atoms with van der Waals surface area (Å²) in [5, 5.41) is 5.91. The number of alkyl halides is 3. The van der Waals surface area contributed by atoms with Crippen LogP contribution in [-0.2, 0) is 29.1 Å². The highest BCUT2D eigenvalue weighted by Crippen LogP contribution is 2.46. The van der Waals surface area contributed by atoms with E-state index in [0.29, 0.717) is 70.1 Å². The van der Waals surface area contributed by atoms with Gasteiger partial charge in [-0.1, -0.05) is 32.4 Å². The summed E-state index contributed by atoms with van der Waals surface area (Å²) in [6.45, 7) is 7.28. The molecule has 0 radical (unpaired) electrons. The molecule has 2 saturated carbocycles. The number of hydrogen-bond donors (Lipinski definition) is 3. The van der Waals surface area contributed by atoms with Crippen molar-refractivity contribution in [2.45, 2.75) is 127 Å². The van der Waals surface area contributed by atoms with Crippen LogP contribution in [-0.4, -0.2) is 96.0 Å². The third kappa shape index (κ3) is 9.31. The quantitative estimate of drug-likeness (QED) is 0.266. The van der Waals surface area contributed by atoms with Gasteiger partial charge in [0, 0.05) is 23.9 Å². The lowest BCUT2D eigenvalue weighted by Gasteiger charge is -2.35. The second-order valence-corrected chi connectivity index (χ2v) is 18.4. The molecule has 1 aromatic carbocycles. The number of nitrogens with one attached hydrogen (secondary N) is 3. The second-order valence-electron chi connectivity index (χ2n) is 16.4. The van der Waals surface area contributed by atoms with E-state index in [-0.39, 0.29) is 31.2 Å². The minimum atomic E-state index is -4.91. The van der Waals surface area contributed by atoms with Crippen LogP contribution in [0.2, 0.25) is 0 Å². The van der Waals surface area contributed by atoms with E-state index in [0.717, 1.165) is 5.39 Å². The Kier molecular flexibility index (Phi) is 12.3. The number of hydrogen-bond acceptors (Lipinski definition) is 10. The number of sulfonamides is 1. The molecule has 7 atom stereocenters. The number of nitrogens with zero attached hydrogens (tertiary/aromatic N) is 2. The zero-order valence-corrected chi connectivity index (χ0v) is 34.1. The monoisotopic (exact) mass is 835 g/mol. The molecule has 1 aromatic heterocycles. The van der Waals surface area contributed by atoms with Crippen LogP contribution in [0.5, 0.6) is 11.6 Å². The predicted molar refractivity (Wildman–Crippen MR) is 206 cm³/mol. The standard InChI is InChI=1S/C40H52F3N5O9S/c1-6-24-18-23(3)10-8-9-11-26-21-39(26,36(51)47-58(53,54)29-13-14-29)46-33(49)31-20-28(56-34-30-15-12-27(55-7-2)19-25(30)16-17-44-34)22-48(31)35(50)32(24)45-37(52)57-38(4,5)40(41,42)43/h9,11-12,15-17,19,23-24,26,28-29,31-32H,6-8,10,13-14,18,20-22H2,1-5H3,(H,45,52)(H,46,49)(H,47,51)/b11-9-/t23-,24+,26?,28+,31-,32-,39+/m0/s1. The average molecular weight is 836 g/mol. The van der Waals surface area contributed by atoms with Crippen LogP contribution in [0.15, 0.2) is 42.6 Å². The predicted octanol–water partition coefficient (Wildman–Crippen LogP) is 5.30. The Morgan fingerprint density at radius 1 is 1.09 bits per heavy atom. The Hall–Kier alpha value is -4.61. The first-order valence-corrected chi connectivity index (χ1v) is 21.4. The molecule has 0 bridgehead atoms. The number of aromatic nitrogens is 1. The van der Waals surface area contributed by atoms with Gasteiger partial charge in [0.05, 0.1) is 18.4 Å². The highest BCUT2D eigenvalue weighted by Gasteiger charge is 2.62. The van der Waals surface area contributed by atoms with Gasteiger partial charge in [-0.25, -0.2) is 18.2 Å². The third-order valence-corrected chi connectivity index (χ3v) is 13.4. The Labute approximate surface area is 336 Å². The van der Waals surface area contributed by atoms with Crippen LogP contribution in [0, 0.1) is 17.8 Å². The number of rotatable bonds is 10. The topological polar surface area (TPSA) is 182 Å². The molecule has 4 amide bonds. The number of carbonyl (C=O) groups is 4. The van der Waals surface area contributed by atoms with Crippen LogP contribution >= 0.6 is 0 Å². The lowest BCUT2D eigenvalue weighted by molar-refractivity contribution is -0.244. The summed E-state index contributed by atoms with van der Waals surface area (Å²) in [4.78, 5) is 62.0. The zero-order chi connectivity index (χ0) is 42.2. The third-order valence-electron chi connectivity index (χ3n) is 11.6. The molecule has 3 heterocycles. The van der Waals surface area contributed by atoms with Crippen LogP contribution in [0.25, 0.3) is 10.8 Å². The maximum Gasteiger partial charge on any atom is 0.427 e. The van der Waals surface area contributed by atoms with E-state index < -0.39 is 86.4 Å². The number of fused-ring (bicyclic) bond motifs is 3. The molecular weight excluding hydrogens is 784 g/mol. The van der Waals surface area contributed by atoms with Crippen molar-refractivity contribution >= 4 is 44.6 Å². The van der Waals surface area contributed by atoms with Gasteiger partial charge in [-0.3, -0.25) is 19.1 Å². The molecule has 3 N–H and O–H groups in total. The van der Waals surface area contributed by atoms with Crippen LogP contribution in [0.4, 0.5) is 18.0 Å². The van der Waals surface area contributed by atoms with Crippen molar-refractivity contribution in [1.29, 1.82) is 0 Å². The Bertz CT molecular complexity index is 2040. The maximum absolute atomic E-state index is 14.9. The molecule has 58 heavy (non-hydrogen) atoms. The Morgan fingerprint density at radius 2 is 1.83 bits per heavy atom. The number of allylic oxidation sites excluding steroid dienone is 1. The SMILES string of the molecule is CCOc1ccc2c(O[C@@H]3C[C@H]4C(=O)N[C@]5(C(=O)NS(=O)(=O)C6CC6)CC5/C=C\CC[C@H](C)C[C@@H](CC)[C@H](NC(=O)OC(C)(C)C(F)(F)F)C(=O)N4C3)nccc2c1. The fraction of sp³-hybridized carbons (Fsp3) is 0.625. The zero-order valence-electron chi connectivity index (χ0n) is 33.3. The summed E-state index contributed by atoms with van der Waals surface area (Å²) < 4.78 is 86.2. The highest BCUT2D eigenvalue weighted by molar-refractivity contribution is 7.91. The molecule has 3 fully saturated rings. The number of amides is 4. The van der Waals surface area contributed by atoms with Crippen molar-refractivity contribution in [3.8, 4) is 11.6 Å². The summed E-state index contributed by atoms with van der Waals surface area (Å²) in [5.74, 6) is -2.70. The van der Waals surface area contributed by atoms with Gasteiger partial charge in [-0.05, 0) is 101 Å². The number of halogens is 3. The molecule has 1 unspecified atom stereocenters. The van der Waals surface area contributed by atoms with Crippen molar-refractivity contribution in [2.24, 2.45) is 17.8 Å². The van der Waals surface area contributed by atoms with Crippen molar-refractivity contribution in [3.05, 3.63) is 42.6 Å². The fourth-order valence-corrected chi connectivity index (χ4v) is 9.16. The van der Waals surface area contributed by atoms with Gasteiger partial charge < -0.3 is 29.7 Å². The van der Waals surface area contributed by atoms with Gasteiger partial charge in [-0.2, -0.15) is 13.2 Å². The molecule has 318 valence electrons. The minimum Gasteiger partial charge on any atom is -0.494 e. The second kappa shape index (κ2) is 16.6. The lowest BCUT2D eigenvalue weighted by atomic mass is 9.85. The van der Waals surface area contributed by atoms with Crippen LogP contribution in [0.1, 0.15) is 86.0 Å². The van der Waals surface area contributed by atoms with Crippen LogP contribution in [0.3, 0.4) is 0 Å². The van der Waals surface area contributed by atoms with Crippen molar-refractivity contribution in [3.63, 3.8) is 0 Å². The summed E-state index contributed by atoms with van der Waals surface area (Å²) >= 11 is 0. The minimum absolute atomic E-state index is 0.0266. The first kappa shape index (κ1) is 43.0. The number of ether oxygens (including phenoxy) is 3. The molecule has 0 spiro atoms. The summed E-state index contributed by atoms with van der Waals surface area (Å²) in [7, 11) is -3.98. The number of carbonyl (C=O) groups excluding carboxylic acids is 4. The van der Waals surface area contributed by atoms with Crippen molar-refractivity contribution < 1.29 is 55.0 Å². The Balaban J connectivity index is 1.36. The van der Waals surface area contributed by atoms with Crippen LogP contribution < -0.4 is 24.8 Å². The molecule has 14 nitrogen and oxygen atoms in total. The first-order chi connectivity index (χ1) is 27.3. The van der Waals surface area contributed by atoms with Crippen molar-refractivity contribution in [1.82, 2.24) is 25.2 Å². The average Bonchev–Trinajstić information content (AvgIpc) is 4.07. The van der Waals surface area contributed by atoms with Gasteiger partial charge in [0.1, 0.15) is 29.5 Å². The Morgan fingerprint density at radius 3 is 2.50 bits per heavy atom. The number of pyridine rings is 1. The normalized spacial score (nSPS) is 28.9. The fourth-order valence-electron chi connectivity index (χ4n) is 7.80. The molecular formula is C40H52F3N5O9S. The van der Waals surface area contributed by atoms with E-state index in [1.54, 1.807) is 37.4 Å². The number of benzene rings is 1. The van der Waals surface area contributed by atoms with E-state index in [1.165, 1.54) is 4.90 Å². The van der Waals surface area contributed by atoms with E-state index in [2.05, 4.69) is 20.3 Å². The van der Waals surface area contributed by atoms with Gasteiger partial charge in [0.25, 0.3) is 5.91 Å². The molecule has 1 saturated heterocycles. The van der Waals surface area contributed by atoms with Gasteiger partial charge in [-0.15, -0.1) is 0 Å². The van der Waals surface area contributed by atoms with E-state index in [9.17, 15) is 40.8 Å². The largest absolute Gasteiger partial charge is 0.494 e. The summed E-state index contributed by atoms with van der Waals surface area (Å²) in [6, 6.07) is 4.40. The van der Waals surface area contributed by atoms with E-state index in [1.807, 2.05) is 26.0 Å². The molecule has 18 heteroatoms. The van der Waals surface area contributed by atoms with Crippen molar-refractivity contribution in [2.75, 3.05) is 13.2 Å².